The number of hydrogen-bond donors (Lipinski definition) is 3. The molecular weight excluding hydrogens is 388 g/mol. The van der Waals surface area contributed by atoms with E-state index >= 15 is 0 Å². The van der Waals surface area contributed by atoms with Gasteiger partial charge in [0.1, 0.15) is 0 Å². The first kappa shape index (κ1) is 19.2. The van der Waals surface area contributed by atoms with E-state index < -0.39 is 43.9 Å². The summed E-state index contributed by atoms with van der Waals surface area (Å²) in [5, 5.41) is 18.8. The fourth-order valence-corrected chi connectivity index (χ4v) is 3.40. The smallest absolute Gasteiger partial charge is 0.337 e. The molecule has 3 aromatic rings. The summed E-state index contributed by atoms with van der Waals surface area (Å²) in [6.45, 7) is 0. The van der Waals surface area contributed by atoms with Gasteiger partial charge in [0.25, 0.3) is 0 Å². The monoisotopic (exact) mass is 400 g/mol. The van der Waals surface area contributed by atoms with Crippen molar-refractivity contribution >= 4 is 37.9 Å². The van der Waals surface area contributed by atoms with Crippen molar-refractivity contribution < 1.29 is 37.6 Å². The van der Waals surface area contributed by atoms with Crippen molar-refractivity contribution in [2.24, 2.45) is 0 Å². The fraction of sp³-hybridized carbons (Fsp3) is 0. The molecule has 0 atom stereocenters. The summed E-state index contributed by atoms with van der Waals surface area (Å²) in [4.78, 5) is 35.4. The van der Waals surface area contributed by atoms with Gasteiger partial charge in [0, 0.05) is 0 Å². The number of hydrogen-bond acceptors (Lipinski definition) is 5. The average Bonchev–Trinajstić information content (AvgIpc) is 2.64. The maximum absolute atomic E-state index is 11.9. The van der Waals surface area contributed by atoms with Gasteiger partial charge in [-0.2, -0.15) is 8.42 Å². The molecule has 0 saturated heterocycles. The molecule has 8 nitrogen and oxygen atoms in total. The predicted octanol–water partition coefficient (Wildman–Crippen LogP) is 2.93. The number of benzene rings is 3. The van der Waals surface area contributed by atoms with E-state index in [4.69, 9.17) is 4.55 Å². The Labute approximate surface area is 158 Å². The topological polar surface area (TPSA) is 146 Å². The van der Waals surface area contributed by atoms with Crippen LogP contribution in [0.25, 0.3) is 21.9 Å². The molecular formula is C19H12O8S. The molecule has 0 amide bonds. The number of carboxylic acid groups (broad SMARTS) is 2. The zero-order chi connectivity index (χ0) is 20.6. The van der Waals surface area contributed by atoms with Crippen LogP contribution >= 0.6 is 0 Å². The Morgan fingerprint density at radius 1 is 0.750 bits per heavy atom. The second-order valence-electron chi connectivity index (χ2n) is 5.85. The van der Waals surface area contributed by atoms with E-state index in [1.54, 1.807) is 30.3 Å². The Balaban J connectivity index is 2.36. The minimum atomic E-state index is -5.26. The molecule has 0 aliphatic heterocycles. The van der Waals surface area contributed by atoms with Crippen LogP contribution in [-0.2, 0) is 10.1 Å². The standard InChI is InChI=1S/C19H12O8S/c20-17(21)15-13(12-6-5-10-3-1-2-4-11(10)9-12)7-8-14(16(15)18(22)23)19(24)28(25,26)27/h1-9H,(H,20,21)(H,22,23)(H,25,26,27). The van der Waals surface area contributed by atoms with E-state index in [2.05, 4.69) is 0 Å². The maximum Gasteiger partial charge on any atom is 0.337 e. The van der Waals surface area contributed by atoms with E-state index in [1.807, 2.05) is 12.1 Å². The molecule has 0 unspecified atom stereocenters. The Hall–Kier alpha value is -3.56. The van der Waals surface area contributed by atoms with Crippen molar-refractivity contribution in [1.29, 1.82) is 0 Å². The summed E-state index contributed by atoms with van der Waals surface area (Å²) < 4.78 is 31.3. The van der Waals surface area contributed by atoms with Crippen LogP contribution in [0.3, 0.4) is 0 Å². The van der Waals surface area contributed by atoms with E-state index in [9.17, 15) is 33.0 Å². The van der Waals surface area contributed by atoms with Gasteiger partial charge < -0.3 is 10.2 Å². The van der Waals surface area contributed by atoms with Gasteiger partial charge in [-0.1, -0.05) is 42.5 Å². The van der Waals surface area contributed by atoms with E-state index in [0.717, 1.165) is 22.9 Å². The number of fused-ring (bicyclic) bond motifs is 1. The minimum Gasteiger partial charge on any atom is -0.478 e. The van der Waals surface area contributed by atoms with Crippen LogP contribution in [0.4, 0.5) is 0 Å². The molecule has 0 aliphatic rings. The SMILES string of the molecule is O=C(O)c1c(C(=O)S(=O)(=O)O)ccc(-c2ccc3ccccc3c2)c1C(=O)O. The van der Waals surface area contributed by atoms with Gasteiger partial charge >= 0.3 is 27.2 Å². The molecule has 9 heteroatoms. The molecule has 3 N–H and O–H groups in total. The molecule has 0 aliphatic carbocycles. The van der Waals surface area contributed by atoms with Crippen LogP contribution in [-0.4, -0.2) is 40.2 Å². The molecule has 142 valence electrons. The summed E-state index contributed by atoms with van der Waals surface area (Å²) >= 11 is 0. The second kappa shape index (κ2) is 6.87. The predicted molar refractivity (Wildman–Crippen MR) is 99.2 cm³/mol. The highest BCUT2D eigenvalue weighted by molar-refractivity contribution is 8.01. The molecule has 3 rings (SSSR count). The first-order valence-corrected chi connectivity index (χ1v) is 9.20. The fourth-order valence-electron chi connectivity index (χ4n) is 2.95. The molecule has 0 heterocycles. The molecule has 28 heavy (non-hydrogen) atoms. The van der Waals surface area contributed by atoms with Crippen LogP contribution in [0.15, 0.2) is 54.6 Å². The highest BCUT2D eigenvalue weighted by atomic mass is 32.2. The van der Waals surface area contributed by atoms with Gasteiger partial charge in [-0.05, 0) is 34.0 Å². The quantitative estimate of drug-likeness (QED) is 0.567. The third-order valence-corrected chi connectivity index (χ3v) is 4.84. The number of carbonyl (C=O) groups is 3. The molecule has 0 radical (unpaired) electrons. The second-order valence-corrected chi connectivity index (χ2v) is 7.17. The van der Waals surface area contributed by atoms with Crippen molar-refractivity contribution in [2.45, 2.75) is 0 Å². The van der Waals surface area contributed by atoms with Crippen LogP contribution in [0.5, 0.6) is 0 Å². The summed E-state index contributed by atoms with van der Waals surface area (Å²) in [5.41, 5.74) is -2.35. The van der Waals surface area contributed by atoms with Gasteiger partial charge in [0.15, 0.2) is 0 Å². The Morgan fingerprint density at radius 2 is 1.36 bits per heavy atom. The third-order valence-electron chi connectivity index (χ3n) is 4.15. The lowest BCUT2D eigenvalue weighted by Crippen LogP contribution is -2.21. The zero-order valence-corrected chi connectivity index (χ0v) is 14.8. The lowest BCUT2D eigenvalue weighted by Gasteiger charge is -2.13. The maximum atomic E-state index is 11.9. The van der Waals surface area contributed by atoms with E-state index in [1.165, 1.54) is 0 Å². The van der Waals surface area contributed by atoms with E-state index in [0.29, 0.717) is 5.56 Å². The zero-order valence-electron chi connectivity index (χ0n) is 14.0. The van der Waals surface area contributed by atoms with Crippen molar-refractivity contribution in [1.82, 2.24) is 0 Å². The summed E-state index contributed by atoms with van der Waals surface area (Å²) in [7, 11) is -5.26. The van der Waals surface area contributed by atoms with Crippen molar-refractivity contribution in [3.05, 3.63) is 71.3 Å². The number of carboxylic acids is 2. The molecule has 0 aromatic heterocycles. The Morgan fingerprint density at radius 3 is 1.93 bits per heavy atom. The number of aromatic carboxylic acids is 2. The average molecular weight is 400 g/mol. The highest BCUT2D eigenvalue weighted by Gasteiger charge is 2.32. The lowest BCUT2D eigenvalue weighted by molar-refractivity contribution is 0.0650. The minimum absolute atomic E-state index is 0.0115. The largest absolute Gasteiger partial charge is 0.478 e. The van der Waals surface area contributed by atoms with Gasteiger partial charge in [-0.3, -0.25) is 9.35 Å². The van der Waals surface area contributed by atoms with Gasteiger partial charge in [-0.25, -0.2) is 9.59 Å². The summed E-state index contributed by atoms with van der Waals surface area (Å²) in [5.74, 6) is -3.47. The van der Waals surface area contributed by atoms with Gasteiger partial charge in [0.2, 0.25) is 0 Å². The van der Waals surface area contributed by atoms with Gasteiger partial charge in [0.05, 0.1) is 16.7 Å². The van der Waals surface area contributed by atoms with Crippen LogP contribution in [0, 0.1) is 0 Å². The molecule has 0 fully saturated rings. The van der Waals surface area contributed by atoms with Gasteiger partial charge in [-0.15, -0.1) is 0 Å². The normalized spacial score (nSPS) is 11.3. The number of carbonyl (C=O) groups excluding carboxylic acids is 1. The van der Waals surface area contributed by atoms with Crippen molar-refractivity contribution in [3.63, 3.8) is 0 Å². The molecule has 3 aromatic carbocycles. The Bertz CT molecular complexity index is 1260. The Kier molecular flexibility index (Phi) is 4.72. The first-order chi connectivity index (χ1) is 13.1. The van der Waals surface area contributed by atoms with E-state index in [-0.39, 0.29) is 5.56 Å². The first-order valence-electron chi connectivity index (χ1n) is 7.76. The number of rotatable bonds is 4. The molecule has 0 bridgehead atoms. The van der Waals surface area contributed by atoms with Crippen LogP contribution in [0.1, 0.15) is 31.1 Å². The van der Waals surface area contributed by atoms with Crippen LogP contribution < -0.4 is 0 Å². The molecule has 0 spiro atoms. The van der Waals surface area contributed by atoms with Crippen molar-refractivity contribution in [3.8, 4) is 11.1 Å². The lowest BCUT2D eigenvalue weighted by atomic mass is 9.91. The van der Waals surface area contributed by atoms with Crippen LogP contribution in [0.2, 0.25) is 0 Å². The summed E-state index contributed by atoms with van der Waals surface area (Å²) in [6, 6.07) is 14.2. The molecule has 0 saturated carbocycles. The summed E-state index contributed by atoms with van der Waals surface area (Å²) in [6.07, 6.45) is 0. The van der Waals surface area contributed by atoms with Crippen molar-refractivity contribution in [2.75, 3.05) is 0 Å². The third kappa shape index (κ3) is 3.36. The highest BCUT2D eigenvalue weighted by Crippen LogP contribution is 2.32.